The Kier molecular flexibility index (Phi) is 5.88. The first-order valence-corrected chi connectivity index (χ1v) is 9.89. The number of aromatic nitrogens is 1. The third-order valence-corrected chi connectivity index (χ3v) is 5.22. The molecule has 1 atom stereocenters. The molecule has 0 unspecified atom stereocenters. The third kappa shape index (κ3) is 5.20. The van der Waals surface area contributed by atoms with E-state index in [0.29, 0.717) is 12.5 Å². The Labute approximate surface area is 178 Å². The van der Waals surface area contributed by atoms with Crippen molar-refractivity contribution in [3.63, 3.8) is 0 Å². The van der Waals surface area contributed by atoms with Crippen molar-refractivity contribution in [3.05, 3.63) is 72.6 Å². The Bertz CT molecular complexity index is 1010. The van der Waals surface area contributed by atoms with Crippen LogP contribution in [-0.2, 0) is 0 Å². The SMILES string of the molecule is CN(c1ccc(OC(F)(F)F)cc1)c1ccc2c(c1)OCC[C@H]2CNc1cccnc1. The smallest absolute Gasteiger partial charge is 0.493 e. The van der Waals surface area contributed by atoms with E-state index in [-0.39, 0.29) is 5.75 Å². The Hall–Kier alpha value is -3.42. The predicted molar refractivity (Wildman–Crippen MR) is 113 cm³/mol. The first-order valence-electron chi connectivity index (χ1n) is 9.89. The average molecular weight is 429 g/mol. The third-order valence-electron chi connectivity index (χ3n) is 5.22. The molecule has 3 aromatic rings. The molecule has 0 spiro atoms. The lowest BCUT2D eigenvalue weighted by molar-refractivity contribution is -0.274. The zero-order valence-electron chi connectivity index (χ0n) is 16.9. The Morgan fingerprint density at radius 1 is 1.13 bits per heavy atom. The number of nitrogens with one attached hydrogen (secondary N) is 1. The number of pyridine rings is 1. The molecule has 0 saturated heterocycles. The van der Waals surface area contributed by atoms with Gasteiger partial charge in [0.1, 0.15) is 11.5 Å². The van der Waals surface area contributed by atoms with Gasteiger partial charge in [0.05, 0.1) is 12.3 Å². The fourth-order valence-corrected chi connectivity index (χ4v) is 3.60. The Morgan fingerprint density at radius 2 is 1.90 bits per heavy atom. The summed E-state index contributed by atoms with van der Waals surface area (Å²) in [6.07, 6.45) is -0.255. The summed E-state index contributed by atoms with van der Waals surface area (Å²) in [5.74, 6) is 0.884. The maximum absolute atomic E-state index is 12.4. The van der Waals surface area contributed by atoms with E-state index >= 15 is 0 Å². The van der Waals surface area contributed by atoms with Crippen LogP contribution in [0.1, 0.15) is 17.9 Å². The zero-order chi connectivity index (χ0) is 21.8. The first kappa shape index (κ1) is 20.8. The minimum absolute atomic E-state index is 0.248. The van der Waals surface area contributed by atoms with Gasteiger partial charge >= 0.3 is 6.36 Å². The van der Waals surface area contributed by atoms with E-state index in [1.54, 1.807) is 24.5 Å². The van der Waals surface area contributed by atoms with Crippen LogP contribution in [0, 0.1) is 0 Å². The number of halogens is 3. The molecule has 0 aliphatic carbocycles. The van der Waals surface area contributed by atoms with Crippen molar-refractivity contribution in [2.24, 2.45) is 0 Å². The molecule has 0 fully saturated rings. The van der Waals surface area contributed by atoms with Crippen molar-refractivity contribution in [1.29, 1.82) is 0 Å². The summed E-state index contributed by atoms with van der Waals surface area (Å²) in [4.78, 5) is 6.01. The fourth-order valence-electron chi connectivity index (χ4n) is 3.60. The number of hydrogen-bond donors (Lipinski definition) is 1. The molecule has 162 valence electrons. The van der Waals surface area contributed by atoms with Crippen LogP contribution < -0.4 is 19.7 Å². The lowest BCUT2D eigenvalue weighted by Gasteiger charge is -2.28. The number of hydrogen-bond acceptors (Lipinski definition) is 5. The van der Waals surface area contributed by atoms with Gasteiger partial charge in [-0.2, -0.15) is 0 Å². The number of rotatable bonds is 6. The van der Waals surface area contributed by atoms with Crippen molar-refractivity contribution in [2.45, 2.75) is 18.7 Å². The van der Waals surface area contributed by atoms with Gasteiger partial charge in [0.2, 0.25) is 0 Å². The average Bonchev–Trinajstić information content (AvgIpc) is 2.77. The molecule has 0 bridgehead atoms. The molecule has 0 amide bonds. The maximum Gasteiger partial charge on any atom is 0.573 e. The van der Waals surface area contributed by atoms with Crippen molar-refractivity contribution in [1.82, 2.24) is 4.98 Å². The minimum atomic E-state index is -4.70. The molecule has 2 heterocycles. The highest BCUT2D eigenvalue weighted by molar-refractivity contribution is 5.66. The van der Waals surface area contributed by atoms with Crippen LogP contribution in [-0.4, -0.2) is 31.5 Å². The predicted octanol–water partition coefficient (Wildman–Crippen LogP) is 5.73. The summed E-state index contributed by atoms with van der Waals surface area (Å²) in [5, 5.41) is 3.42. The van der Waals surface area contributed by atoms with Gasteiger partial charge in [-0.3, -0.25) is 4.98 Å². The summed E-state index contributed by atoms with van der Waals surface area (Å²) >= 11 is 0. The van der Waals surface area contributed by atoms with E-state index in [2.05, 4.69) is 21.1 Å². The molecule has 5 nitrogen and oxygen atoms in total. The highest BCUT2D eigenvalue weighted by Crippen LogP contribution is 2.38. The maximum atomic E-state index is 12.4. The molecule has 1 N–H and O–H groups in total. The van der Waals surface area contributed by atoms with Crippen LogP contribution in [0.15, 0.2) is 67.0 Å². The van der Waals surface area contributed by atoms with Crippen molar-refractivity contribution < 1.29 is 22.6 Å². The highest BCUT2D eigenvalue weighted by Gasteiger charge is 2.31. The van der Waals surface area contributed by atoms with Gasteiger partial charge in [-0.1, -0.05) is 6.07 Å². The van der Waals surface area contributed by atoms with Crippen molar-refractivity contribution in [3.8, 4) is 11.5 Å². The highest BCUT2D eigenvalue weighted by atomic mass is 19.4. The number of alkyl halides is 3. The molecule has 0 saturated carbocycles. The van der Waals surface area contributed by atoms with Crippen LogP contribution in [0.4, 0.5) is 30.2 Å². The van der Waals surface area contributed by atoms with Crippen molar-refractivity contribution in [2.75, 3.05) is 30.4 Å². The van der Waals surface area contributed by atoms with Crippen molar-refractivity contribution >= 4 is 17.1 Å². The Morgan fingerprint density at radius 3 is 2.61 bits per heavy atom. The second-order valence-electron chi connectivity index (χ2n) is 7.28. The number of nitrogens with zero attached hydrogens (tertiary/aromatic N) is 2. The molecule has 1 aromatic heterocycles. The molecule has 0 radical (unpaired) electrons. The number of fused-ring (bicyclic) bond motifs is 1. The lowest BCUT2D eigenvalue weighted by atomic mass is 9.92. The normalized spacial score (nSPS) is 15.5. The zero-order valence-corrected chi connectivity index (χ0v) is 16.9. The summed E-state index contributed by atoms with van der Waals surface area (Å²) in [6, 6.07) is 15.7. The largest absolute Gasteiger partial charge is 0.573 e. The number of anilines is 3. The molecular formula is C23H22F3N3O2. The van der Waals surface area contributed by atoms with Crippen LogP contribution >= 0.6 is 0 Å². The van der Waals surface area contributed by atoms with E-state index in [9.17, 15) is 13.2 Å². The summed E-state index contributed by atoms with van der Waals surface area (Å²) in [7, 11) is 1.85. The topological polar surface area (TPSA) is 46.6 Å². The summed E-state index contributed by atoms with van der Waals surface area (Å²) in [5.41, 5.74) is 3.72. The quantitative estimate of drug-likeness (QED) is 0.543. The standard InChI is InChI=1S/C23H22F3N3O2/c1-29(18-4-7-20(8-5-18)31-23(24,25)26)19-6-9-21-16(10-12-30-22(21)13-19)14-28-17-3-2-11-27-15-17/h2-9,11,13,15-16,28H,10,12,14H2,1H3/t16-/m0/s1. The molecule has 4 rings (SSSR count). The second-order valence-corrected chi connectivity index (χ2v) is 7.28. The van der Waals surface area contributed by atoms with E-state index in [1.165, 1.54) is 12.1 Å². The van der Waals surface area contributed by atoms with Gasteiger partial charge < -0.3 is 19.7 Å². The lowest BCUT2D eigenvalue weighted by Crippen LogP contribution is -2.21. The minimum Gasteiger partial charge on any atom is -0.493 e. The molecule has 1 aliphatic rings. The van der Waals surface area contributed by atoms with Crippen LogP contribution in [0.2, 0.25) is 0 Å². The molecule has 8 heteroatoms. The van der Waals surface area contributed by atoms with Gasteiger partial charge in [0.15, 0.2) is 0 Å². The van der Waals surface area contributed by atoms with E-state index < -0.39 is 6.36 Å². The summed E-state index contributed by atoms with van der Waals surface area (Å²) < 4.78 is 46.9. The Balaban J connectivity index is 1.47. The fraction of sp³-hybridized carbons (Fsp3) is 0.261. The van der Waals surface area contributed by atoms with Gasteiger partial charge in [0.25, 0.3) is 0 Å². The van der Waals surface area contributed by atoms with Gasteiger partial charge in [-0.05, 0) is 54.4 Å². The van der Waals surface area contributed by atoms with E-state index in [0.717, 1.165) is 41.3 Å². The monoisotopic (exact) mass is 429 g/mol. The molecule has 1 aliphatic heterocycles. The van der Waals surface area contributed by atoms with Crippen LogP contribution in [0.3, 0.4) is 0 Å². The van der Waals surface area contributed by atoms with Gasteiger partial charge in [-0.25, -0.2) is 0 Å². The second kappa shape index (κ2) is 8.75. The number of ether oxygens (including phenoxy) is 2. The van der Waals surface area contributed by atoms with E-state index in [1.807, 2.05) is 36.2 Å². The van der Waals surface area contributed by atoms with Crippen LogP contribution in [0.25, 0.3) is 0 Å². The van der Waals surface area contributed by atoms with Crippen LogP contribution in [0.5, 0.6) is 11.5 Å². The summed E-state index contributed by atoms with van der Waals surface area (Å²) in [6.45, 7) is 1.40. The molecule has 31 heavy (non-hydrogen) atoms. The van der Waals surface area contributed by atoms with E-state index in [4.69, 9.17) is 4.74 Å². The molecular weight excluding hydrogens is 407 g/mol. The molecule has 2 aromatic carbocycles. The van der Waals surface area contributed by atoms with Gasteiger partial charge in [0, 0.05) is 49.3 Å². The first-order chi connectivity index (χ1) is 14.9. The van der Waals surface area contributed by atoms with Gasteiger partial charge in [-0.15, -0.1) is 13.2 Å². The number of benzene rings is 2.